The lowest BCUT2D eigenvalue weighted by Crippen LogP contribution is -2.43. The van der Waals surface area contributed by atoms with Crippen molar-refractivity contribution in [1.29, 1.82) is 0 Å². The Bertz CT molecular complexity index is 184. The normalized spacial score (nSPS) is 48.9. The predicted molar refractivity (Wildman–Crippen MR) is 45.1 cm³/mol. The molecule has 1 aliphatic carbocycles. The van der Waals surface area contributed by atoms with Crippen LogP contribution in [0.1, 0.15) is 26.7 Å². The third kappa shape index (κ3) is 1.72. The molecule has 4 atom stereocenters. The molecular formula is C9H16O4. The predicted octanol–water partition coefficient (Wildman–Crippen LogP) is 0.0221. The van der Waals surface area contributed by atoms with E-state index in [1.54, 1.807) is 0 Å². The van der Waals surface area contributed by atoms with Crippen LogP contribution >= 0.6 is 0 Å². The monoisotopic (exact) mass is 188 g/mol. The highest BCUT2D eigenvalue weighted by Crippen LogP contribution is 2.36. The highest BCUT2D eigenvalue weighted by molar-refractivity contribution is 4.92. The van der Waals surface area contributed by atoms with E-state index in [2.05, 4.69) is 0 Å². The highest BCUT2D eigenvalue weighted by atomic mass is 16.8. The molecule has 4 heteroatoms. The average molecular weight is 188 g/mol. The standard InChI is InChI=1S/C9H16O4/c1-9(2)12-7-3-5(10)6(11)4-8(7)13-9/h5-8,10-11H,3-4H2,1-2H3. The van der Waals surface area contributed by atoms with E-state index in [0.717, 1.165) is 0 Å². The van der Waals surface area contributed by atoms with Crippen LogP contribution in [-0.2, 0) is 9.47 Å². The van der Waals surface area contributed by atoms with Gasteiger partial charge in [-0.3, -0.25) is 0 Å². The van der Waals surface area contributed by atoms with Crippen LogP contribution in [0.15, 0.2) is 0 Å². The molecule has 2 rings (SSSR count). The van der Waals surface area contributed by atoms with Crippen molar-refractivity contribution in [3.63, 3.8) is 0 Å². The van der Waals surface area contributed by atoms with Crippen molar-refractivity contribution >= 4 is 0 Å². The van der Waals surface area contributed by atoms with Gasteiger partial charge in [-0.2, -0.15) is 0 Å². The SMILES string of the molecule is CC1(C)OC2CC(O)C(O)CC2O1. The second-order valence-corrected chi connectivity index (χ2v) is 4.32. The molecule has 0 spiro atoms. The maximum atomic E-state index is 9.41. The summed E-state index contributed by atoms with van der Waals surface area (Å²) in [6.07, 6.45) is -0.524. The van der Waals surface area contributed by atoms with Gasteiger partial charge in [-0.05, 0) is 13.8 Å². The third-order valence-corrected chi connectivity index (χ3v) is 2.68. The Morgan fingerprint density at radius 1 is 1.00 bits per heavy atom. The van der Waals surface area contributed by atoms with Crippen LogP contribution in [-0.4, -0.2) is 40.4 Å². The van der Waals surface area contributed by atoms with Crippen molar-refractivity contribution < 1.29 is 19.7 Å². The minimum atomic E-state index is -0.668. The van der Waals surface area contributed by atoms with E-state index in [4.69, 9.17) is 9.47 Å². The summed E-state index contributed by atoms with van der Waals surface area (Å²) in [6, 6.07) is 0. The van der Waals surface area contributed by atoms with E-state index in [1.807, 2.05) is 13.8 Å². The van der Waals surface area contributed by atoms with Crippen molar-refractivity contribution in [3.05, 3.63) is 0 Å². The summed E-state index contributed by atoms with van der Waals surface area (Å²) in [4.78, 5) is 0. The van der Waals surface area contributed by atoms with Crippen molar-refractivity contribution in [2.75, 3.05) is 0 Å². The molecular weight excluding hydrogens is 172 g/mol. The summed E-state index contributed by atoms with van der Waals surface area (Å²) in [5.74, 6) is -0.570. The van der Waals surface area contributed by atoms with Gasteiger partial charge in [0.1, 0.15) is 0 Å². The van der Waals surface area contributed by atoms with E-state index in [1.165, 1.54) is 0 Å². The zero-order valence-electron chi connectivity index (χ0n) is 7.93. The Labute approximate surface area is 77.5 Å². The molecule has 1 saturated carbocycles. The van der Waals surface area contributed by atoms with Crippen molar-refractivity contribution in [2.45, 2.75) is 56.9 Å². The largest absolute Gasteiger partial charge is 0.390 e. The minimum absolute atomic E-state index is 0.0617. The zero-order valence-corrected chi connectivity index (χ0v) is 7.93. The first-order chi connectivity index (χ1) is 5.98. The maximum absolute atomic E-state index is 9.41. The molecule has 4 nitrogen and oxygen atoms in total. The Morgan fingerprint density at radius 3 is 1.77 bits per heavy atom. The van der Waals surface area contributed by atoms with Gasteiger partial charge in [-0.1, -0.05) is 0 Å². The molecule has 2 aliphatic rings. The Kier molecular flexibility index (Phi) is 2.11. The van der Waals surface area contributed by atoms with E-state index in [0.29, 0.717) is 12.8 Å². The van der Waals surface area contributed by atoms with E-state index < -0.39 is 18.0 Å². The summed E-state index contributed by atoms with van der Waals surface area (Å²) in [5.41, 5.74) is 0. The molecule has 0 aromatic rings. The minimum Gasteiger partial charge on any atom is -0.390 e. The summed E-state index contributed by atoms with van der Waals surface area (Å²) in [6.45, 7) is 3.70. The van der Waals surface area contributed by atoms with E-state index in [-0.39, 0.29) is 12.2 Å². The topological polar surface area (TPSA) is 58.9 Å². The number of rotatable bonds is 0. The molecule has 1 aliphatic heterocycles. The zero-order chi connectivity index (χ0) is 9.64. The molecule has 1 saturated heterocycles. The van der Waals surface area contributed by atoms with Crippen LogP contribution in [0.3, 0.4) is 0 Å². The van der Waals surface area contributed by atoms with Crippen molar-refractivity contribution in [2.24, 2.45) is 0 Å². The highest BCUT2D eigenvalue weighted by Gasteiger charge is 2.46. The second kappa shape index (κ2) is 2.92. The van der Waals surface area contributed by atoms with Gasteiger partial charge in [0.15, 0.2) is 5.79 Å². The Morgan fingerprint density at radius 2 is 1.38 bits per heavy atom. The van der Waals surface area contributed by atoms with Gasteiger partial charge >= 0.3 is 0 Å². The lowest BCUT2D eigenvalue weighted by Gasteiger charge is -2.30. The number of hydrogen-bond donors (Lipinski definition) is 2. The summed E-state index contributed by atoms with van der Waals surface area (Å²) >= 11 is 0. The molecule has 0 aromatic heterocycles. The molecule has 0 bridgehead atoms. The van der Waals surface area contributed by atoms with Gasteiger partial charge in [0.25, 0.3) is 0 Å². The van der Waals surface area contributed by atoms with Crippen LogP contribution in [0, 0.1) is 0 Å². The van der Waals surface area contributed by atoms with Gasteiger partial charge in [-0.25, -0.2) is 0 Å². The Hall–Kier alpha value is -0.160. The smallest absolute Gasteiger partial charge is 0.163 e. The molecule has 4 unspecified atom stereocenters. The fourth-order valence-corrected chi connectivity index (χ4v) is 2.10. The van der Waals surface area contributed by atoms with Crippen LogP contribution in [0.2, 0.25) is 0 Å². The quantitative estimate of drug-likeness (QED) is 0.562. The lowest BCUT2D eigenvalue weighted by atomic mass is 9.90. The van der Waals surface area contributed by atoms with Gasteiger partial charge < -0.3 is 19.7 Å². The molecule has 1 heterocycles. The molecule has 76 valence electrons. The van der Waals surface area contributed by atoms with Crippen LogP contribution in [0.4, 0.5) is 0 Å². The number of ether oxygens (including phenoxy) is 2. The first-order valence-electron chi connectivity index (χ1n) is 4.70. The van der Waals surface area contributed by atoms with Gasteiger partial charge in [-0.15, -0.1) is 0 Å². The molecule has 2 N–H and O–H groups in total. The number of hydrogen-bond acceptors (Lipinski definition) is 4. The average Bonchev–Trinajstić information content (AvgIpc) is 2.24. The molecule has 13 heavy (non-hydrogen) atoms. The first-order valence-corrected chi connectivity index (χ1v) is 4.70. The van der Waals surface area contributed by atoms with E-state index in [9.17, 15) is 10.2 Å². The molecule has 2 fully saturated rings. The van der Waals surface area contributed by atoms with Crippen LogP contribution < -0.4 is 0 Å². The maximum Gasteiger partial charge on any atom is 0.163 e. The summed E-state index contributed by atoms with van der Waals surface area (Å²) < 4.78 is 11.2. The van der Waals surface area contributed by atoms with Gasteiger partial charge in [0, 0.05) is 12.8 Å². The number of fused-ring (bicyclic) bond motifs is 1. The van der Waals surface area contributed by atoms with Crippen LogP contribution in [0.25, 0.3) is 0 Å². The fraction of sp³-hybridized carbons (Fsp3) is 1.00. The summed E-state index contributed by atoms with van der Waals surface area (Å²) in [7, 11) is 0. The summed E-state index contributed by atoms with van der Waals surface area (Å²) in [5, 5.41) is 18.8. The Balaban J connectivity index is 2.05. The van der Waals surface area contributed by atoms with Crippen LogP contribution in [0.5, 0.6) is 0 Å². The molecule has 0 aromatic carbocycles. The van der Waals surface area contributed by atoms with Crippen molar-refractivity contribution in [3.8, 4) is 0 Å². The number of aliphatic hydroxyl groups excluding tert-OH is 2. The third-order valence-electron chi connectivity index (χ3n) is 2.68. The molecule has 0 radical (unpaired) electrons. The van der Waals surface area contributed by atoms with Gasteiger partial charge in [0.2, 0.25) is 0 Å². The first kappa shape index (κ1) is 9.40. The van der Waals surface area contributed by atoms with Crippen molar-refractivity contribution in [1.82, 2.24) is 0 Å². The second-order valence-electron chi connectivity index (χ2n) is 4.32. The fourth-order valence-electron chi connectivity index (χ4n) is 2.10. The number of aliphatic hydroxyl groups is 2. The lowest BCUT2D eigenvalue weighted by molar-refractivity contribution is -0.146. The molecule has 0 amide bonds. The van der Waals surface area contributed by atoms with Gasteiger partial charge in [0.05, 0.1) is 24.4 Å². The van der Waals surface area contributed by atoms with E-state index >= 15 is 0 Å².